The standard InChI is InChI=1S/C14H16ClNO2/c1-2-3-10-17-13-8-6-7-12(15)14(13)18-11-5-4-9-16/h4-8H,2-3,10-11H2,1H3. The minimum absolute atomic E-state index is 0.293. The Balaban J connectivity index is 2.68. The molecule has 0 bridgehead atoms. The SMILES string of the molecule is CCCCOc1cccc(Cl)c1OCC=CC#N. The van der Waals surface area contributed by atoms with Crippen LogP contribution in [0.15, 0.2) is 30.4 Å². The zero-order valence-corrected chi connectivity index (χ0v) is 11.1. The Morgan fingerprint density at radius 3 is 2.94 bits per heavy atom. The lowest BCUT2D eigenvalue weighted by atomic mass is 10.3. The molecule has 0 saturated carbocycles. The number of rotatable bonds is 7. The van der Waals surface area contributed by atoms with Crippen LogP contribution in [-0.4, -0.2) is 13.2 Å². The van der Waals surface area contributed by atoms with E-state index >= 15 is 0 Å². The van der Waals surface area contributed by atoms with Gasteiger partial charge in [-0.2, -0.15) is 5.26 Å². The van der Waals surface area contributed by atoms with Gasteiger partial charge in [0.05, 0.1) is 17.7 Å². The number of benzene rings is 1. The molecule has 0 saturated heterocycles. The van der Waals surface area contributed by atoms with Gasteiger partial charge in [0.1, 0.15) is 6.61 Å². The molecule has 18 heavy (non-hydrogen) atoms. The van der Waals surface area contributed by atoms with E-state index in [1.165, 1.54) is 6.08 Å². The molecule has 0 N–H and O–H groups in total. The Kier molecular flexibility index (Phi) is 6.75. The molecule has 0 aliphatic rings. The molecule has 0 amide bonds. The molecule has 0 heterocycles. The van der Waals surface area contributed by atoms with Crippen molar-refractivity contribution >= 4 is 11.6 Å². The molecule has 3 nitrogen and oxygen atoms in total. The second-order valence-electron chi connectivity index (χ2n) is 3.61. The van der Waals surface area contributed by atoms with Crippen molar-refractivity contribution in [3.63, 3.8) is 0 Å². The first-order valence-corrected chi connectivity index (χ1v) is 6.26. The summed E-state index contributed by atoms with van der Waals surface area (Å²) in [6, 6.07) is 7.29. The van der Waals surface area contributed by atoms with Crippen molar-refractivity contribution in [2.24, 2.45) is 0 Å². The zero-order chi connectivity index (χ0) is 13.2. The van der Waals surface area contributed by atoms with E-state index in [4.69, 9.17) is 26.3 Å². The lowest BCUT2D eigenvalue weighted by molar-refractivity contribution is 0.279. The minimum atomic E-state index is 0.293. The number of unbranched alkanes of at least 4 members (excludes halogenated alkanes) is 1. The normalized spacial score (nSPS) is 10.3. The molecule has 0 unspecified atom stereocenters. The van der Waals surface area contributed by atoms with Crippen molar-refractivity contribution in [2.45, 2.75) is 19.8 Å². The maximum absolute atomic E-state index is 8.37. The summed E-state index contributed by atoms with van der Waals surface area (Å²) in [7, 11) is 0. The molecule has 1 rings (SSSR count). The summed E-state index contributed by atoms with van der Waals surface area (Å²) >= 11 is 6.06. The van der Waals surface area contributed by atoms with Crippen molar-refractivity contribution in [3.05, 3.63) is 35.4 Å². The quantitative estimate of drug-likeness (QED) is 0.553. The average molecular weight is 266 g/mol. The van der Waals surface area contributed by atoms with Gasteiger partial charge in [0.2, 0.25) is 0 Å². The summed E-state index contributed by atoms with van der Waals surface area (Å²) in [5, 5.41) is 8.88. The van der Waals surface area contributed by atoms with Crippen molar-refractivity contribution in [3.8, 4) is 17.6 Å². The van der Waals surface area contributed by atoms with Crippen LogP contribution in [0.3, 0.4) is 0 Å². The van der Waals surface area contributed by atoms with E-state index in [2.05, 4.69) is 6.92 Å². The Morgan fingerprint density at radius 1 is 1.39 bits per heavy atom. The minimum Gasteiger partial charge on any atom is -0.490 e. The van der Waals surface area contributed by atoms with E-state index in [0.717, 1.165) is 12.8 Å². The Hall–Kier alpha value is -1.66. The summed E-state index contributed by atoms with van der Waals surface area (Å²) < 4.78 is 11.1. The van der Waals surface area contributed by atoms with Crippen LogP contribution in [0.5, 0.6) is 11.5 Å². The third-order valence-corrected chi connectivity index (χ3v) is 2.50. The third kappa shape index (κ3) is 4.68. The van der Waals surface area contributed by atoms with Crippen LogP contribution in [0, 0.1) is 11.3 Å². The van der Waals surface area contributed by atoms with Crippen LogP contribution in [-0.2, 0) is 0 Å². The molecular weight excluding hydrogens is 250 g/mol. The average Bonchev–Trinajstić information content (AvgIpc) is 2.37. The number of para-hydroxylation sites is 1. The van der Waals surface area contributed by atoms with Crippen LogP contribution < -0.4 is 9.47 Å². The van der Waals surface area contributed by atoms with Gasteiger partial charge in [0, 0.05) is 6.08 Å². The number of ether oxygens (including phenoxy) is 2. The molecule has 0 fully saturated rings. The summed E-state index contributed by atoms with van der Waals surface area (Å²) in [4.78, 5) is 0. The van der Waals surface area contributed by atoms with Crippen molar-refractivity contribution in [2.75, 3.05) is 13.2 Å². The van der Waals surface area contributed by atoms with Crippen LogP contribution in [0.1, 0.15) is 19.8 Å². The lowest BCUT2D eigenvalue weighted by Crippen LogP contribution is -2.01. The molecule has 0 aliphatic carbocycles. The monoisotopic (exact) mass is 265 g/mol. The van der Waals surface area contributed by atoms with E-state index in [1.807, 2.05) is 18.2 Å². The maximum atomic E-state index is 8.37. The fraction of sp³-hybridized carbons (Fsp3) is 0.357. The van der Waals surface area contributed by atoms with Gasteiger partial charge in [-0.15, -0.1) is 0 Å². The lowest BCUT2D eigenvalue weighted by Gasteiger charge is -2.12. The largest absolute Gasteiger partial charge is 0.490 e. The van der Waals surface area contributed by atoms with Gasteiger partial charge in [-0.05, 0) is 24.6 Å². The van der Waals surface area contributed by atoms with Crippen LogP contribution >= 0.6 is 11.6 Å². The topological polar surface area (TPSA) is 42.2 Å². The third-order valence-electron chi connectivity index (χ3n) is 2.20. The fourth-order valence-electron chi connectivity index (χ4n) is 1.30. The van der Waals surface area contributed by atoms with Crippen LogP contribution in [0.25, 0.3) is 0 Å². The van der Waals surface area contributed by atoms with Gasteiger partial charge in [0.25, 0.3) is 0 Å². The highest BCUT2D eigenvalue weighted by molar-refractivity contribution is 6.32. The van der Waals surface area contributed by atoms with Gasteiger partial charge in [-0.1, -0.05) is 31.0 Å². The Morgan fingerprint density at radius 2 is 2.22 bits per heavy atom. The van der Waals surface area contributed by atoms with Gasteiger partial charge < -0.3 is 9.47 Å². The molecule has 96 valence electrons. The van der Waals surface area contributed by atoms with E-state index in [1.54, 1.807) is 12.1 Å². The van der Waals surface area contributed by atoms with E-state index in [0.29, 0.717) is 29.7 Å². The van der Waals surface area contributed by atoms with E-state index in [9.17, 15) is 0 Å². The molecule has 1 aromatic rings. The van der Waals surface area contributed by atoms with Crippen molar-refractivity contribution in [1.82, 2.24) is 0 Å². The molecule has 0 atom stereocenters. The highest BCUT2D eigenvalue weighted by atomic mass is 35.5. The Bertz CT molecular complexity index is 438. The molecule has 0 radical (unpaired) electrons. The number of nitrogens with zero attached hydrogens (tertiary/aromatic N) is 1. The molecule has 0 spiro atoms. The summed E-state index contributed by atoms with van der Waals surface area (Å²) in [5.74, 6) is 1.17. The number of hydrogen-bond donors (Lipinski definition) is 0. The molecule has 4 heteroatoms. The highest BCUT2D eigenvalue weighted by Gasteiger charge is 2.08. The van der Waals surface area contributed by atoms with Crippen molar-refractivity contribution < 1.29 is 9.47 Å². The summed E-state index contributed by atoms with van der Waals surface area (Å²) in [6.45, 7) is 3.04. The van der Waals surface area contributed by atoms with Gasteiger partial charge >= 0.3 is 0 Å². The Labute approximate surface area is 113 Å². The first-order chi connectivity index (χ1) is 8.79. The van der Waals surface area contributed by atoms with E-state index < -0.39 is 0 Å². The molecule has 0 aromatic heterocycles. The van der Waals surface area contributed by atoms with Crippen LogP contribution in [0.4, 0.5) is 0 Å². The molecular formula is C14H16ClNO2. The second-order valence-corrected chi connectivity index (χ2v) is 4.02. The highest BCUT2D eigenvalue weighted by Crippen LogP contribution is 2.34. The fourth-order valence-corrected chi connectivity index (χ4v) is 1.52. The first-order valence-electron chi connectivity index (χ1n) is 5.88. The summed E-state index contributed by atoms with van der Waals surface area (Å²) in [5.41, 5.74) is 0. The maximum Gasteiger partial charge on any atom is 0.180 e. The zero-order valence-electron chi connectivity index (χ0n) is 10.4. The second kappa shape index (κ2) is 8.43. The van der Waals surface area contributed by atoms with Crippen molar-refractivity contribution in [1.29, 1.82) is 5.26 Å². The van der Waals surface area contributed by atoms with Gasteiger partial charge in [0.15, 0.2) is 11.5 Å². The predicted octanol–water partition coefficient (Wildman–Crippen LogP) is 3.98. The van der Waals surface area contributed by atoms with E-state index in [-0.39, 0.29) is 0 Å². The number of hydrogen-bond acceptors (Lipinski definition) is 3. The van der Waals surface area contributed by atoms with Crippen LogP contribution in [0.2, 0.25) is 5.02 Å². The number of allylic oxidation sites excluding steroid dienone is 1. The summed E-state index contributed by atoms with van der Waals surface area (Å²) in [6.07, 6.45) is 5.05. The van der Waals surface area contributed by atoms with Gasteiger partial charge in [-0.3, -0.25) is 0 Å². The van der Waals surface area contributed by atoms with Gasteiger partial charge in [-0.25, -0.2) is 0 Å². The molecule has 1 aromatic carbocycles. The number of halogens is 1. The smallest absolute Gasteiger partial charge is 0.180 e. The molecule has 0 aliphatic heterocycles. The number of nitriles is 1. The first kappa shape index (κ1) is 14.4. The predicted molar refractivity (Wildman–Crippen MR) is 72.1 cm³/mol.